The van der Waals surface area contributed by atoms with Gasteiger partial charge in [-0.1, -0.05) is 24.6 Å². The minimum atomic E-state index is -2.80. The van der Waals surface area contributed by atoms with Gasteiger partial charge in [-0.25, -0.2) is 13.6 Å². The Morgan fingerprint density at radius 3 is 2.45 bits per heavy atom. The number of benzene rings is 1. The third kappa shape index (κ3) is 4.43. The number of aryl methyl sites for hydroxylation is 1. The summed E-state index contributed by atoms with van der Waals surface area (Å²) >= 11 is 1.20. The van der Waals surface area contributed by atoms with E-state index in [2.05, 4.69) is 10.1 Å². The van der Waals surface area contributed by atoms with Crippen molar-refractivity contribution in [1.82, 2.24) is 5.32 Å². The molecule has 0 aliphatic heterocycles. The highest BCUT2D eigenvalue weighted by Crippen LogP contribution is 2.36. The highest BCUT2D eigenvalue weighted by atomic mass is 32.2. The molecule has 0 heterocycles. The highest BCUT2D eigenvalue weighted by Gasteiger charge is 2.47. The molecule has 0 fully saturated rings. The third-order valence-electron chi connectivity index (χ3n) is 3.40. The lowest BCUT2D eigenvalue weighted by Crippen LogP contribution is -2.54. The molecule has 0 aliphatic carbocycles. The lowest BCUT2D eigenvalue weighted by molar-refractivity contribution is -0.151. The van der Waals surface area contributed by atoms with Crippen LogP contribution >= 0.6 is 11.8 Å². The molecule has 1 aromatic carbocycles. The summed E-state index contributed by atoms with van der Waals surface area (Å²) in [7, 11) is 1.10. The van der Waals surface area contributed by atoms with Gasteiger partial charge in [0.2, 0.25) is 12.8 Å². The van der Waals surface area contributed by atoms with Crippen LogP contribution in [0.4, 0.5) is 8.78 Å². The molecule has 2 atom stereocenters. The molecule has 0 radical (unpaired) electrons. The molecule has 1 aromatic rings. The number of methoxy groups -OCH3 is 1. The number of rotatable bonds is 8. The average molecular weight is 331 g/mol. The van der Waals surface area contributed by atoms with Crippen molar-refractivity contribution in [1.29, 1.82) is 0 Å². The monoisotopic (exact) mass is 331 g/mol. The maximum atomic E-state index is 13.5. The first-order valence-electron chi connectivity index (χ1n) is 6.60. The summed E-state index contributed by atoms with van der Waals surface area (Å²) in [6.07, 6.45) is -2.57. The van der Waals surface area contributed by atoms with Crippen LogP contribution < -0.4 is 5.32 Å². The Morgan fingerprint density at radius 1 is 1.41 bits per heavy atom. The van der Waals surface area contributed by atoms with Crippen LogP contribution in [0.2, 0.25) is 0 Å². The van der Waals surface area contributed by atoms with Crippen LogP contribution in [0.15, 0.2) is 29.2 Å². The van der Waals surface area contributed by atoms with Crippen LogP contribution in [0, 0.1) is 12.3 Å². The zero-order chi connectivity index (χ0) is 16.8. The van der Waals surface area contributed by atoms with E-state index in [0.29, 0.717) is 0 Å². The van der Waals surface area contributed by atoms with Crippen molar-refractivity contribution >= 4 is 24.1 Å². The number of hydrogen-bond acceptors (Lipinski definition) is 4. The zero-order valence-electron chi connectivity index (χ0n) is 12.6. The van der Waals surface area contributed by atoms with E-state index in [1.165, 1.54) is 18.7 Å². The lowest BCUT2D eigenvalue weighted by Gasteiger charge is -2.34. The average Bonchev–Trinajstić information content (AvgIpc) is 2.50. The molecule has 4 nitrogen and oxygen atoms in total. The molecule has 0 aromatic heterocycles. The molecule has 122 valence electrons. The van der Waals surface area contributed by atoms with E-state index in [9.17, 15) is 18.4 Å². The molecular weight excluding hydrogens is 312 g/mol. The normalized spacial score (nSPS) is 15.0. The minimum Gasteiger partial charge on any atom is -0.467 e. The lowest BCUT2D eigenvalue weighted by atomic mass is 9.84. The number of alkyl halides is 2. The number of amides is 1. The van der Waals surface area contributed by atoms with E-state index in [1.807, 2.05) is 31.2 Å². The van der Waals surface area contributed by atoms with Crippen LogP contribution in [-0.4, -0.2) is 37.7 Å². The predicted octanol–water partition coefficient (Wildman–Crippen LogP) is 2.65. The van der Waals surface area contributed by atoms with E-state index in [1.54, 1.807) is 0 Å². The van der Waals surface area contributed by atoms with Crippen LogP contribution in [0.5, 0.6) is 0 Å². The van der Waals surface area contributed by atoms with Crippen LogP contribution in [0.1, 0.15) is 12.5 Å². The second-order valence-electron chi connectivity index (χ2n) is 5.15. The maximum absolute atomic E-state index is 13.5. The number of halogens is 2. The van der Waals surface area contributed by atoms with Gasteiger partial charge in [0.15, 0.2) is 0 Å². The molecule has 1 N–H and O–H groups in total. The Morgan fingerprint density at radius 2 is 2.00 bits per heavy atom. The summed E-state index contributed by atoms with van der Waals surface area (Å²) in [4.78, 5) is 23.2. The number of thioether (sulfide) groups is 1. The van der Waals surface area contributed by atoms with Gasteiger partial charge in [-0.15, -0.1) is 11.8 Å². The van der Waals surface area contributed by atoms with Crippen molar-refractivity contribution in [3.63, 3.8) is 0 Å². The standard InChI is InChI=1S/C15H19F2NO3S/c1-10-4-6-11(7-5-10)22-8-15(2,14(16)17)12(18-9-19)13(20)21-3/h4-7,9,12,14H,8H2,1-3H3,(H,18,19)/t12-,15-/m1/s1. The number of esters is 1. The first-order chi connectivity index (χ1) is 10.3. The van der Waals surface area contributed by atoms with Gasteiger partial charge in [0.05, 0.1) is 12.5 Å². The molecule has 7 heteroatoms. The SMILES string of the molecule is COC(=O)[C@@H](NC=O)[C@@](C)(CSc1ccc(C)cc1)C(F)F. The Balaban J connectivity index is 2.95. The summed E-state index contributed by atoms with van der Waals surface area (Å²) < 4.78 is 31.6. The van der Waals surface area contributed by atoms with Crippen molar-refractivity contribution < 1.29 is 23.1 Å². The quantitative estimate of drug-likeness (QED) is 0.452. The van der Waals surface area contributed by atoms with Gasteiger partial charge in [0, 0.05) is 10.6 Å². The topological polar surface area (TPSA) is 55.4 Å². The Kier molecular flexibility index (Phi) is 6.80. The Bertz CT molecular complexity index is 510. The van der Waals surface area contributed by atoms with E-state index in [0.717, 1.165) is 17.6 Å². The number of ether oxygens (including phenoxy) is 1. The summed E-state index contributed by atoms with van der Waals surface area (Å²) in [5, 5.41) is 2.15. The molecule has 1 rings (SSSR count). The minimum absolute atomic E-state index is 0.0473. The predicted molar refractivity (Wildman–Crippen MR) is 81.0 cm³/mol. The molecule has 0 saturated carbocycles. The van der Waals surface area contributed by atoms with E-state index < -0.39 is 23.9 Å². The van der Waals surface area contributed by atoms with Gasteiger partial charge in [0.25, 0.3) is 0 Å². The smallest absolute Gasteiger partial charge is 0.329 e. The number of hydrogen-bond donors (Lipinski definition) is 1. The van der Waals surface area contributed by atoms with Gasteiger partial charge >= 0.3 is 5.97 Å². The zero-order valence-corrected chi connectivity index (χ0v) is 13.5. The van der Waals surface area contributed by atoms with Crippen molar-refractivity contribution in [3.8, 4) is 0 Å². The van der Waals surface area contributed by atoms with Gasteiger partial charge in [-0.2, -0.15) is 0 Å². The first-order valence-corrected chi connectivity index (χ1v) is 7.59. The third-order valence-corrected chi connectivity index (χ3v) is 4.77. The molecule has 0 unspecified atom stereocenters. The number of carbonyl (C=O) groups is 2. The molecular formula is C15H19F2NO3S. The van der Waals surface area contributed by atoms with Gasteiger partial charge in [-0.05, 0) is 19.1 Å². The summed E-state index contributed by atoms with van der Waals surface area (Å²) in [6.45, 7) is 3.19. The van der Waals surface area contributed by atoms with Gasteiger partial charge in [0.1, 0.15) is 6.04 Å². The van der Waals surface area contributed by atoms with Crippen LogP contribution in [0.3, 0.4) is 0 Å². The fourth-order valence-corrected chi connectivity index (χ4v) is 2.96. The summed E-state index contributed by atoms with van der Waals surface area (Å²) in [5.74, 6) is -0.937. The van der Waals surface area contributed by atoms with Crippen molar-refractivity contribution in [3.05, 3.63) is 29.8 Å². The van der Waals surface area contributed by atoms with Gasteiger partial charge in [-0.3, -0.25) is 4.79 Å². The maximum Gasteiger partial charge on any atom is 0.329 e. The highest BCUT2D eigenvalue weighted by molar-refractivity contribution is 7.99. The molecule has 0 bridgehead atoms. The summed E-state index contributed by atoms with van der Waals surface area (Å²) in [6, 6.07) is 6.00. The van der Waals surface area contributed by atoms with Crippen LogP contribution in [-0.2, 0) is 14.3 Å². The van der Waals surface area contributed by atoms with E-state index in [-0.39, 0.29) is 12.2 Å². The van der Waals surface area contributed by atoms with E-state index in [4.69, 9.17) is 0 Å². The molecule has 0 saturated heterocycles. The fourth-order valence-electron chi connectivity index (χ4n) is 1.86. The molecule has 0 spiro atoms. The second-order valence-corrected chi connectivity index (χ2v) is 6.20. The first kappa shape index (κ1) is 18.4. The number of carbonyl (C=O) groups excluding carboxylic acids is 2. The second kappa shape index (κ2) is 8.12. The Labute approximate surface area is 132 Å². The Hall–Kier alpha value is -1.63. The van der Waals surface area contributed by atoms with E-state index >= 15 is 0 Å². The van der Waals surface area contributed by atoms with Crippen molar-refractivity contribution in [2.45, 2.75) is 31.2 Å². The fraction of sp³-hybridized carbons (Fsp3) is 0.467. The van der Waals surface area contributed by atoms with Crippen molar-refractivity contribution in [2.75, 3.05) is 12.9 Å². The molecule has 1 amide bonds. The van der Waals surface area contributed by atoms with Crippen LogP contribution in [0.25, 0.3) is 0 Å². The number of nitrogens with one attached hydrogen (secondary N) is 1. The molecule has 22 heavy (non-hydrogen) atoms. The largest absolute Gasteiger partial charge is 0.467 e. The van der Waals surface area contributed by atoms with Crippen molar-refractivity contribution in [2.24, 2.45) is 5.41 Å². The summed E-state index contributed by atoms with van der Waals surface area (Å²) in [5.41, 5.74) is -0.681. The van der Waals surface area contributed by atoms with Gasteiger partial charge < -0.3 is 10.1 Å². The molecule has 0 aliphatic rings.